The van der Waals surface area contributed by atoms with Gasteiger partial charge in [0.1, 0.15) is 0 Å². The number of benzene rings is 1. The van der Waals surface area contributed by atoms with Crippen LogP contribution in [-0.2, 0) is 26.9 Å². The van der Waals surface area contributed by atoms with Crippen LogP contribution >= 0.6 is 0 Å². The van der Waals surface area contributed by atoms with Crippen LogP contribution in [0.2, 0.25) is 0 Å². The number of alkyl halides is 3. The van der Waals surface area contributed by atoms with Crippen molar-refractivity contribution in [3.63, 3.8) is 0 Å². The van der Waals surface area contributed by atoms with Gasteiger partial charge in [-0.05, 0) is 87.1 Å². The summed E-state index contributed by atoms with van der Waals surface area (Å²) in [6.45, 7) is 7.01. The topological polar surface area (TPSA) is 75.6 Å². The summed E-state index contributed by atoms with van der Waals surface area (Å²) in [5.41, 5.74) is 2.46. The lowest BCUT2D eigenvalue weighted by Crippen LogP contribution is -2.25. The summed E-state index contributed by atoms with van der Waals surface area (Å²) in [4.78, 5) is 24.0. The van der Waals surface area contributed by atoms with Crippen LogP contribution in [0, 0.1) is 11.8 Å². The standard InChI is InChI=1S/C36H46F3NO4/c1-4-10-27(24-44-32-15-9-14-30(22-32)35(42)43)12-6-5-11-26(3)28-18-17-25(2)21-31(20-19-28)40-34(41)23-29-13-7-8-16-33(29)36(37,38)39/h7-8,13-14,16,19-22,26-27H,4-6,9-12,15,17-18,23-24H2,1-3H3,(H,40,41)(H,42,43). The van der Waals surface area contributed by atoms with E-state index in [2.05, 4.69) is 25.2 Å². The second-order valence-electron chi connectivity index (χ2n) is 12.0. The number of ether oxygens (including phenoxy) is 1. The molecule has 240 valence electrons. The third kappa shape index (κ3) is 11.5. The summed E-state index contributed by atoms with van der Waals surface area (Å²) in [5, 5.41) is 12.1. The first kappa shape index (κ1) is 34.9. The lowest BCUT2D eigenvalue weighted by molar-refractivity contribution is -0.138. The fourth-order valence-corrected chi connectivity index (χ4v) is 5.78. The van der Waals surface area contributed by atoms with Crippen molar-refractivity contribution < 1.29 is 32.6 Å². The van der Waals surface area contributed by atoms with Gasteiger partial charge in [-0.25, -0.2) is 4.79 Å². The van der Waals surface area contributed by atoms with Crippen molar-refractivity contribution in [1.29, 1.82) is 0 Å². The van der Waals surface area contributed by atoms with Gasteiger partial charge in [0.25, 0.3) is 0 Å². The van der Waals surface area contributed by atoms with Crippen molar-refractivity contribution in [2.75, 3.05) is 6.61 Å². The first-order valence-electron chi connectivity index (χ1n) is 15.8. The minimum absolute atomic E-state index is 0.0437. The Labute approximate surface area is 259 Å². The van der Waals surface area contributed by atoms with Gasteiger partial charge < -0.3 is 15.2 Å². The lowest BCUT2D eigenvalue weighted by Gasteiger charge is -2.21. The molecular formula is C36H46F3NO4. The quantitative estimate of drug-likeness (QED) is 0.193. The van der Waals surface area contributed by atoms with Gasteiger partial charge in [-0.15, -0.1) is 0 Å². The molecule has 0 radical (unpaired) electrons. The number of hydrogen-bond acceptors (Lipinski definition) is 3. The molecule has 1 aromatic carbocycles. The van der Waals surface area contributed by atoms with Crippen LogP contribution in [0.5, 0.6) is 0 Å². The van der Waals surface area contributed by atoms with E-state index in [1.165, 1.54) is 23.8 Å². The molecule has 3 rings (SSSR count). The number of unbranched alkanes of at least 4 members (excludes halogenated alkanes) is 1. The number of amides is 1. The van der Waals surface area contributed by atoms with Crippen LogP contribution in [0.15, 0.2) is 82.8 Å². The summed E-state index contributed by atoms with van der Waals surface area (Å²) < 4.78 is 46.1. The zero-order chi connectivity index (χ0) is 32.1. The highest BCUT2D eigenvalue weighted by atomic mass is 19.4. The maximum atomic E-state index is 13.4. The molecule has 44 heavy (non-hydrogen) atoms. The van der Waals surface area contributed by atoms with Crippen molar-refractivity contribution in [2.24, 2.45) is 11.8 Å². The fourth-order valence-electron chi connectivity index (χ4n) is 5.78. The van der Waals surface area contributed by atoms with Gasteiger partial charge in [-0.1, -0.05) is 74.6 Å². The molecule has 8 heteroatoms. The minimum atomic E-state index is -4.51. The fraction of sp³-hybridized carbons (Fsp3) is 0.500. The molecule has 1 amide bonds. The smallest absolute Gasteiger partial charge is 0.416 e. The van der Waals surface area contributed by atoms with Gasteiger partial charge in [0.2, 0.25) is 5.91 Å². The number of halogens is 3. The van der Waals surface area contributed by atoms with Crippen LogP contribution in [0.4, 0.5) is 13.2 Å². The summed E-state index contributed by atoms with van der Waals surface area (Å²) in [7, 11) is 0. The van der Waals surface area contributed by atoms with Crippen LogP contribution in [-0.4, -0.2) is 23.6 Å². The molecule has 2 unspecified atom stereocenters. The van der Waals surface area contributed by atoms with Gasteiger partial charge in [-0.3, -0.25) is 4.79 Å². The molecule has 2 aliphatic rings. The summed E-state index contributed by atoms with van der Waals surface area (Å²) >= 11 is 0. The summed E-state index contributed by atoms with van der Waals surface area (Å²) in [6.07, 6.45) is 13.9. The molecule has 0 aromatic heterocycles. The van der Waals surface area contributed by atoms with Crippen molar-refractivity contribution >= 4 is 11.9 Å². The van der Waals surface area contributed by atoms with Crippen LogP contribution in [0.1, 0.15) is 96.1 Å². The van der Waals surface area contributed by atoms with E-state index in [1.807, 2.05) is 19.1 Å². The van der Waals surface area contributed by atoms with E-state index in [9.17, 15) is 27.9 Å². The van der Waals surface area contributed by atoms with E-state index in [4.69, 9.17) is 4.74 Å². The Morgan fingerprint density at radius 2 is 1.77 bits per heavy atom. The predicted molar refractivity (Wildman–Crippen MR) is 167 cm³/mol. The Bertz CT molecular complexity index is 1300. The molecule has 2 N–H and O–H groups in total. The number of carbonyl (C=O) groups excluding carboxylic acids is 1. The molecule has 0 aliphatic heterocycles. The maximum absolute atomic E-state index is 13.4. The highest BCUT2D eigenvalue weighted by Gasteiger charge is 2.33. The predicted octanol–water partition coefficient (Wildman–Crippen LogP) is 9.23. The molecule has 0 heterocycles. The highest BCUT2D eigenvalue weighted by Crippen LogP contribution is 2.32. The molecule has 0 spiro atoms. The Balaban J connectivity index is 1.51. The number of carbonyl (C=O) groups is 2. The molecule has 5 nitrogen and oxygen atoms in total. The first-order chi connectivity index (χ1) is 21.0. The number of carboxylic acids is 1. The molecular weight excluding hydrogens is 567 g/mol. The number of carboxylic acid groups (broad SMARTS) is 1. The van der Waals surface area contributed by atoms with E-state index in [1.54, 1.807) is 12.2 Å². The average Bonchev–Trinajstić information content (AvgIpc) is 2.96. The van der Waals surface area contributed by atoms with Gasteiger partial charge in [0.05, 0.1) is 29.9 Å². The Morgan fingerprint density at radius 3 is 2.50 bits per heavy atom. The number of nitrogens with one attached hydrogen (secondary N) is 1. The molecule has 1 aromatic rings. The number of rotatable bonds is 15. The zero-order valence-corrected chi connectivity index (χ0v) is 26.1. The normalized spacial score (nSPS) is 17.1. The third-order valence-electron chi connectivity index (χ3n) is 8.30. The van der Waals surface area contributed by atoms with Gasteiger partial charge in [0.15, 0.2) is 0 Å². The SMILES string of the molecule is CCCC(CCCCC(C)C1=CC=C(NC(=O)Cc2ccccc2C(F)(F)F)C=C(C)CC1)COC1=CC(C(=O)O)=CCC1. The zero-order valence-electron chi connectivity index (χ0n) is 26.1. The van der Waals surface area contributed by atoms with E-state index in [0.717, 1.165) is 75.2 Å². The minimum Gasteiger partial charge on any atom is -0.498 e. The third-order valence-corrected chi connectivity index (χ3v) is 8.30. The molecule has 0 saturated heterocycles. The number of hydrogen-bond donors (Lipinski definition) is 2. The van der Waals surface area contributed by atoms with Gasteiger partial charge in [0, 0.05) is 12.1 Å². The average molecular weight is 614 g/mol. The van der Waals surface area contributed by atoms with Gasteiger partial charge >= 0.3 is 12.1 Å². The van der Waals surface area contributed by atoms with Gasteiger partial charge in [-0.2, -0.15) is 13.2 Å². The van der Waals surface area contributed by atoms with Crippen LogP contribution in [0.25, 0.3) is 0 Å². The van der Waals surface area contributed by atoms with Crippen molar-refractivity contribution in [3.05, 3.63) is 93.9 Å². The van der Waals surface area contributed by atoms with Crippen molar-refractivity contribution in [2.45, 2.75) is 97.6 Å². The molecule has 2 aliphatic carbocycles. The Morgan fingerprint density at radius 1 is 1.02 bits per heavy atom. The highest BCUT2D eigenvalue weighted by molar-refractivity contribution is 5.90. The van der Waals surface area contributed by atoms with Crippen LogP contribution in [0.3, 0.4) is 0 Å². The lowest BCUT2D eigenvalue weighted by atomic mass is 9.88. The van der Waals surface area contributed by atoms with E-state index in [-0.39, 0.29) is 12.0 Å². The molecule has 0 saturated carbocycles. The monoisotopic (exact) mass is 613 g/mol. The first-order valence-corrected chi connectivity index (χ1v) is 15.8. The molecule has 0 fully saturated rings. The largest absolute Gasteiger partial charge is 0.498 e. The second kappa shape index (κ2) is 17.1. The summed E-state index contributed by atoms with van der Waals surface area (Å²) in [5.74, 6) is 0.154. The van der Waals surface area contributed by atoms with Crippen LogP contribution < -0.4 is 5.32 Å². The Hall–Kier alpha value is -3.55. The van der Waals surface area contributed by atoms with E-state index < -0.39 is 23.6 Å². The molecule has 2 atom stereocenters. The molecule has 0 bridgehead atoms. The van der Waals surface area contributed by atoms with Crippen molar-refractivity contribution in [3.8, 4) is 0 Å². The van der Waals surface area contributed by atoms with Crippen molar-refractivity contribution in [1.82, 2.24) is 5.32 Å². The number of allylic oxidation sites excluding steroid dienone is 7. The van der Waals surface area contributed by atoms with E-state index in [0.29, 0.717) is 36.1 Å². The maximum Gasteiger partial charge on any atom is 0.416 e. The summed E-state index contributed by atoms with van der Waals surface area (Å²) in [6, 6.07) is 5.18. The Kier molecular flexibility index (Phi) is 13.6. The number of aliphatic carboxylic acids is 1. The van der Waals surface area contributed by atoms with E-state index >= 15 is 0 Å². The second-order valence-corrected chi connectivity index (χ2v) is 12.0.